The van der Waals surface area contributed by atoms with E-state index >= 15 is 0 Å². The highest BCUT2D eigenvalue weighted by atomic mass is 16.3. The standard InChI is InChI=1S/C14H23N3O2/c1-4-14(5-2,10-18)9-16-13(19)17-12-6-7-15-11(3)8-12/h6-8,18H,4-5,9-10H2,1-3H3,(H2,15,16,17,19). The maximum absolute atomic E-state index is 11.8. The van der Waals surface area contributed by atoms with Gasteiger partial charge in [0.15, 0.2) is 0 Å². The number of aliphatic hydroxyl groups is 1. The first-order valence-electron chi connectivity index (χ1n) is 6.63. The second kappa shape index (κ2) is 7.09. The van der Waals surface area contributed by atoms with Crippen molar-refractivity contribution >= 4 is 11.7 Å². The van der Waals surface area contributed by atoms with Crippen LogP contribution in [0, 0.1) is 12.3 Å². The fourth-order valence-electron chi connectivity index (χ4n) is 1.85. The fraction of sp³-hybridized carbons (Fsp3) is 0.571. The topological polar surface area (TPSA) is 74.2 Å². The van der Waals surface area contributed by atoms with Gasteiger partial charge >= 0.3 is 6.03 Å². The molecule has 0 fully saturated rings. The Bertz CT molecular complexity index is 409. The van der Waals surface area contributed by atoms with Gasteiger partial charge in [-0.15, -0.1) is 0 Å². The van der Waals surface area contributed by atoms with Gasteiger partial charge in [0.05, 0.1) is 6.61 Å². The number of nitrogens with one attached hydrogen (secondary N) is 2. The molecular weight excluding hydrogens is 242 g/mol. The molecule has 3 N–H and O–H groups in total. The molecule has 0 aliphatic rings. The van der Waals surface area contributed by atoms with E-state index in [4.69, 9.17) is 0 Å². The van der Waals surface area contributed by atoms with Crippen molar-refractivity contribution in [3.05, 3.63) is 24.0 Å². The summed E-state index contributed by atoms with van der Waals surface area (Å²) in [7, 11) is 0. The van der Waals surface area contributed by atoms with Gasteiger partial charge in [-0.3, -0.25) is 4.98 Å². The molecule has 0 aliphatic heterocycles. The monoisotopic (exact) mass is 265 g/mol. The van der Waals surface area contributed by atoms with Crippen molar-refractivity contribution in [2.75, 3.05) is 18.5 Å². The smallest absolute Gasteiger partial charge is 0.319 e. The van der Waals surface area contributed by atoms with Gasteiger partial charge in [0.1, 0.15) is 0 Å². The third-order valence-electron chi connectivity index (χ3n) is 3.61. The van der Waals surface area contributed by atoms with Crippen molar-refractivity contribution in [2.45, 2.75) is 33.6 Å². The molecule has 0 spiro atoms. The Hall–Kier alpha value is -1.62. The molecule has 2 amide bonds. The van der Waals surface area contributed by atoms with Gasteiger partial charge in [0.2, 0.25) is 0 Å². The van der Waals surface area contributed by atoms with Crippen molar-refractivity contribution in [3.63, 3.8) is 0 Å². The number of carbonyl (C=O) groups is 1. The molecule has 1 heterocycles. The van der Waals surface area contributed by atoms with Crippen LogP contribution in [0.3, 0.4) is 0 Å². The summed E-state index contributed by atoms with van der Waals surface area (Å²) in [6.45, 7) is 6.45. The number of carbonyl (C=O) groups excluding carboxylic acids is 1. The van der Waals surface area contributed by atoms with Crippen LogP contribution in [0.25, 0.3) is 0 Å². The molecule has 0 saturated heterocycles. The second-order valence-corrected chi connectivity index (χ2v) is 4.86. The Balaban J connectivity index is 2.52. The van der Waals surface area contributed by atoms with E-state index in [1.807, 2.05) is 20.8 Å². The third kappa shape index (κ3) is 4.52. The third-order valence-corrected chi connectivity index (χ3v) is 3.61. The molecule has 0 saturated carbocycles. The lowest BCUT2D eigenvalue weighted by atomic mass is 9.83. The fourth-order valence-corrected chi connectivity index (χ4v) is 1.85. The van der Waals surface area contributed by atoms with Crippen molar-refractivity contribution in [3.8, 4) is 0 Å². The van der Waals surface area contributed by atoms with Crippen molar-refractivity contribution in [1.82, 2.24) is 10.3 Å². The molecule has 0 atom stereocenters. The quantitative estimate of drug-likeness (QED) is 0.739. The van der Waals surface area contributed by atoms with Crippen LogP contribution in [0.2, 0.25) is 0 Å². The van der Waals surface area contributed by atoms with Crippen LogP contribution in [0.5, 0.6) is 0 Å². The number of pyridine rings is 1. The second-order valence-electron chi connectivity index (χ2n) is 4.86. The molecular formula is C14H23N3O2. The molecule has 5 nitrogen and oxygen atoms in total. The number of hydrogen-bond acceptors (Lipinski definition) is 3. The van der Waals surface area contributed by atoms with E-state index in [9.17, 15) is 9.90 Å². The highest BCUT2D eigenvalue weighted by Gasteiger charge is 2.25. The van der Waals surface area contributed by atoms with Gasteiger partial charge in [0.25, 0.3) is 0 Å². The van der Waals surface area contributed by atoms with Gasteiger partial charge in [0, 0.05) is 29.5 Å². The molecule has 0 bridgehead atoms. The lowest BCUT2D eigenvalue weighted by Crippen LogP contribution is -2.41. The molecule has 106 valence electrons. The minimum Gasteiger partial charge on any atom is -0.396 e. The van der Waals surface area contributed by atoms with E-state index in [1.54, 1.807) is 18.3 Å². The summed E-state index contributed by atoms with van der Waals surface area (Å²) in [5.74, 6) is 0. The van der Waals surface area contributed by atoms with Crippen LogP contribution in [0.15, 0.2) is 18.3 Å². The Morgan fingerprint density at radius 2 is 2.11 bits per heavy atom. The summed E-state index contributed by atoms with van der Waals surface area (Å²) in [5.41, 5.74) is 1.34. The van der Waals surface area contributed by atoms with E-state index < -0.39 is 0 Å². The minimum absolute atomic E-state index is 0.0780. The van der Waals surface area contributed by atoms with Gasteiger partial charge in [-0.1, -0.05) is 13.8 Å². The summed E-state index contributed by atoms with van der Waals surface area (Å²) in [5, 5.41) is 15.0. The summed E-state index contributed by atoms with van der Waals surface area (Å²) < 4.78 is 0. The summed E-state index contributed by atoms with van der Waals surface area (Å²) in [4.78, 5) is 15.9. The number of aryl methyl sites for hydroxylation is 1. The number of anilines is 1. The molecule has 0 aliphatic carbocycles. The van der Waals surface area contributed by atoms with E-state index in [0.717, 1.165) is 18.5 Å². The number of nitrogens with zero attached hydrogens (tertiary/aromatic N) is 1. The molecule has 0 unspecified atom stereocenters. The van der Waals surface area contributed by atoms with Gasteiger partial charge in [-0.2, -0.15) is 0 Å². The Morgan fingerprint density at radius 3 is 2.63 bits per heavy atom. The number of rotatable bonds is 6. The molecule has 1 aromatic heterocycles. The lowest BCUT2D eigenvalue weighted by molar-refractivity contribution is 0.116. The summed E-state index contributed by atoms with van der Waals surface area (Å²) in [6, 6.07) is 3.29. The van der Waals surface area contributed by atoms with E-state index in [2.05, 4.69) is 15.6 Å². The zero-order chi connectivity index (χ0) is 14.3. The summed E-state index contributed by atoms with van der Waals surface area (Å²) in [6.07, 6.45) is 3.31. The molecule has 1 aromatic rings. The first kappa shape index (κ1) is 15.4. The molecule has 1 rings (SSSR count). The molecule has 5 heteroatoms. The minimum atomic E-state index is -0.259. The van der Waals surface area contributed by atoms with Crippen molar-refractivity contribution in [1.29, 1.82) is 0 Å². The first-order chi connectivity index (χ1) is 9.05. The maximum Gasteiger partial charge on any atom is 0.319 e. The normalized spacial score (nSPS) is 11.2. The van der Waals surface area contributed by atoms with Crippen LogP contribution < -0.4 is 10.6 Å². The zero-order valence-corrected chi connectivity index (χ0v) is 11.9. The maximum atomic E-state index is 11.8. The number of amides is 2. The van der Waals surface area contributed by atoms with Crippen LogP contribution in [-0.2, 0) is 0 Å². The Labute approximate surface area is 114 Å². The Morgan fingerprint density at radius 1 is 1.42 bits per heavy atom. The average molecular weight is 265 g/mol. The largest absolute Gasteiger partial charge is 0.396 e. The number of aromatic nitrogens is 1. The first-order valence-corrected chi connectivity index (χ1v) is 6.63. The highest BCUT2D eigenvalue weighted by molar-refractivity contribution is 5.89. The van der Waals surface area contributed by atoms with Gasteiger partial charge in [-0.25, -0.2) is 4.79 Å². The summed E-state index contributed by atoms with van der Waals surface area (Å²) >= 11 is 0. The highest BCUT2D eigenvalue weighted by Crippen LogP contribution is 2.24. The van der Waals surface area contributed by atoms with Crippen LogP contribution in [-0.4, -0.2) is 29.3 Å². The van der Waals surface area contributed by atoms with Gasteiger partial charge < -0.3 is 15.7 Å². The van der Waals surface area contributed by atoms with Crippen LogP contribution in [0.1, 0.15) is 32.4 Å². The number of aliphatic hydroxyl groups excluding tert-OH is 1. The van der Waals surface area contributed by atoms with Crippen LogP contribution in [0.4, 0.5) is 10.5 Å². The SMILES string of the molecule is CCC(CC)(CO)CNC(=O)Nc1ccnc(C)c1. The van der Waals surface area contributed by atoms with E-state index in [-0.39, 0.29) is 18.1 Å². The Kier molecular flexibility index (Phi) is 5.76. The zero-order valence-electron chi connectivity index (χ0n) is 11.9. The molecule has 0 radical (unpaired) electrons. The molecule has 0 aromatic carbocycles. The van der Waals surface area contributed by atoms with Crippen molar-refractivity contribution < 1.29 is 9.90 Å². The van der Waals surface area contributed by atoms with Crippen LogP contribution >= 0.6 is 0 Å². The lowest BCUT2D eigenvalue weighted by Gasteiger charge is -2.29. The van der Waals surface area contributed by atoms with Crippen molar-refractivity contribution in [2.24, 2.45) is 5.41 Å². The van der Waals surface area contributed by atoms with E-state index in [0.29, 0.717) is 12.2 Å². The number of urea groups is 1. The number of hydrogen-bond donors (Lipinski definition) is 3. The predicted octanol–water partition coefficient (Wildman–Crippen LogP) is 2.31. The van der Waals surface area contributed by atoms with Gasteiger partial charge in [-0.05, 0) is 31.9 Å². The van der Waals surface area contributed by atoms with E-state index in [1.165, 1.54) is 0 Å². The molecule has 19 heavy (non-hydrogen) atoms. The predicted molar refractivity (Wildman–Crippen MR) is 76.1 cm³/mol. The average Bonchev–Trinajstić information content (AvgIpc) is 2.41.